The Kier molecular flexibility index (Phi) is 4.09. The van der Waals surface area contributed by atoms with Crippen LogP contribution in [-0.4, -0.2) is 26.4 Å². The molecule has 0 fully saturated rings. The van der Waals surface area contributed by atoms with Crippen molar-refractivity contribution >= 4 is 11.4 Å². The highest BCUT2D eigenvalue weighted by atomic mass is 19.4. The monoisotopic (exact) mass is 248 g/mol. The van der Waals surface area contributed by atoms with Crippen molar-refractivity contribution in [1.29, 1.82) is 0 Å². The van der Waals surface area contributed by atoms with Gasteiger partial charge in [0.1, 0.15) is 12.3 Å². The fraction of sp³-hybridized carbons (Fsp3) is 0.455. The van der Waals surface area contributed by atoms with Crippen LogP contribution in [0.25, 0.3) is 0 Å². The lowest BCUT2D eigenvalue weighted by Crippen LogP contribution is -2.34. The Balaban J connectivity index is 2.96. The maximum Gasteiger partial charge on any atom is 0.405 e. The quantitative estimate of drug-likeness (QED) is 0.832. The largest absolute Gasteiger partial charge is 0.497 e. The van der Waals surface area contributed by atoms with Crippen molar-refractivity contribution in [2.45, 2.75) is 13.1 Å². The summed E-state index contributed by atoms with van der Waals surface area (Å²) in [6, 6.07) is 4.63. The topological polar surface area (TPSA) is 38.5 Å². The summed E-state index contributed by atoms with van der Waals surface area (Å²) in [7, 11) is 1.47. The second-order valence-corrected chi connectivity index (χ2v) is 3.55. The first-order valence-electron chi connectivity index (χ1n) is 5.12. The predicted molar refractivity (Wildman–Crippen MR) is 61.3 cm³/mol. The third-order valence-electron chi connectivity index (χ3n) is 2.33. The summed E-state index contributed by atoms with van der Waals surface area (Å²) in [5.74, 6) is 0.523. The number of halogens is 3. The average Bonchev–Trinajstić information content (AvgIpc) is 2.24. The lowest BCUT2D eigenvalue weighted by molar-refractivity contribution is -0.119. The molecule has 1 aromatic carbocycles. The first-order valence-corrected chi connectivity index (χ1v) is 5.12. The Morgan fingerprint density at radius 1 is 1.35 bits per heavy atom. The molecular formula is C11H15F3N2O. The molecule has 0 atom stereocenters. The van der Waals surface area contributed by atoms with Gasteiger partial charge in [-0.25, -0.2) is 0 Å². The highest BCUT2D eigenvalue weighted by Crippen LogP contribution is 2.29. The Bertz CT molecular complexity index is 379. The van der Waals surface area contributed by atoms with Gasteiger partial charge in [-0.05, 0) is 19.1 Å². The molecule has 0 bridgehead atoms. The van der Waals surface area contributed by atoms with E-state index < -0.39 is 12.7 Å². The molecule has 6 heteroatoms. The van der Waals surface area contributed by atoms with Gasteiger partial charge < -0.3 is 15.4 Å². The Morgan fingerprint density at radius 2 is 2.00 bits per heavy atom. The molecule has 2 N–H and O–H groups in total. The predicted octanol–water partition coefficient (Wildman–Crippen LogP) is 2.67. The number of benzene rings is 1. The molecule has 0 unspecified atom stereocenters. The SMILES string of the molecule is CCN(CC(F)(F)F)c1ccc(OC)cc1N. The van der Waals surface area contributed by atoms with Crippen molar-refractivity contribution in [2.75, 3.05) is 30.8 Å². The minimum absolute atomic E-state index is 0.232. The summed E-state index contributed by atoms with van der Waals surface area (Å²) in [5, 5.41) is 0. The minimum Gasteiger partial charge on any atom is -0.497 e. The van der Waals surface area contributed by atoms with Crippen molar-refractivity contribution in [3.05, 3.63) is 18.2 Å². The van der Waals surface area contributed by atoms with E-state index in [0.29, 0.717) is 11.4 Å². The van der Waals surface area contributed by atoms with E-state index in [1.54, 1.807) is 13.0 Å². The summed E-state index contributed by atoms with van der Waals surface area (Å²) in [6.45, 7) is 0.867. The fourth-order valence-corrected chi connectivity index (χ4v) is 1.53. The second-order valence-electron chi connectivity index (χ2n) is 3.55. The van der Waals surface area contributed by atoms with Crippen LogP contribution in [0.2, 0.25) is 0 Å². The average molecular weight is 248 g/mol. The normalized spacial score (nSPS) is 11.4. The Hall–Kier alpha value is -1.59. The zero-order valence-corrected chi connectivity index (χ0v) is 9.71. The number of hydrogen-bond acceptors (Lipinski definition) is 3. The van der Waals surface area contributed by atoms with Gasteiger partial charge in [0.2, 0.25) is 0 Å². The number of nitrogen functional groups attached to an aromatic ring is 1. The molecule has 96 valence electrons. The first kappa shape index (κ1) is 13.5. The van der Waals surface area contributed by atoms with E-state index in [9.17, 15) is 13.2 Å². The summed E-state index contributed by atoms with van der Waals surface area (Å²) in [4.78, 5) is 1.18. The number of rotatable bonds is 4. The molecule has 1 aromatic rings. The van der Waals surface area contributed by atoms with Crippen LogP contribution < -0.4 is 15.4 Å². The van der Waals surface area contributed by atoms with Gasteiger partial charge in [0, 0.05) is 12.6 Å². The van der Waals surface area contributed by atoms with E-state index in [0.717, 1.165) is 0 Å². The third-order valence-corrected chi connectivity index (χ3v) is 2.33. The maximum atomic E-state index is 12.3. The molecule has 0 aromatic heterocycles. The molecule has 0 aliphatic carbocycles. The zero-order valence-electron chi connectivity index (χ0n) is 9.71. The molecule has 0 saturated heterocycles. The smallest absolute Gasteiger partial charge is 0.405 e. The van der Waals surface area contributed by atoms with E-state index in [2.05, 4.69) is 0 Å². The number of ether oxygens (including phenoxy) is 1. The standard InChI is InChI=1S/C11H15F3N2O/c1-3-16(7-11(12,13)14)10-5-4-8(17-2)6-9(10)15/h4-6H,3,7,15H2,1-2H3. The van der Waals surface area contributed by atoms with Gasteiger partial charge in [-0.3, -0.25) is 0 Å². The van der Waals surface area contributed by atoms with Gasteiger partial charge in [-0.15, -0.1) is 0 Å². The van der Waals surface area contributed by atoms with Gasteiger partial charge >= 0.3 is 6.18 Å². The summed E-state index contributed by atoms with van der Waals surface area (Å²) in [5.41, 5.74) is 6.34. The molecule has 0 aliphatic heterocycles. The van der Waals surface area contributed by atoms with Crippen LogP contribution in [0.4, 0.5) is 24.5 Å². The molecule has 0 amide bonds. The third kappa shape index (κ3) is 3.72. The maximum absolute atomic E-state index is 12.3. The molecule has 0 aliphatic rings. The van der Waals surface area contributed by atoms with Crippen LogP contribution >= 0.6 is 0 Å². The van der Waals surface area contributed by atoms with Gasteiger partial charge in [0.25, 0.3) is 0 Å². The number of hydrogen-bond donors (Lipinski definition) is 1. The van der Waals surface area contributed by atoms with E-state index in [1.807, 2.05) is 0 Å². The number of nitrogens with zero attached hydrogens (tertiary/aromatic N) is 1. The van der Waals surface area contributed by atoms with E-state index >= 15 is 0 Å². The lowest BCUT2D eigenvalue weighted by Gasteiger charge is -2.25. The molecule has 0 saturated carbocycles. The minimum atomic E-state index is -4.25. The van der Waals surface area contributed by atoms with Gasteiger partial charge in [-0.2, -0.15) is 13.2 Å². The van der Waals surface area contributed by atoms with Crippen molar-refractivity contribution in [3.8, 4) is 5.75 Å². The van der Waals surface area contributed by atoms with Gasteiger partial charge in [0.05, 0.1) is 18.5 Å². The lowest BCUT2D eigenvalue weighted by atomic mass is 10.2. The molecule has 0 spiro atoms. The van der Waals surface area contributed by atoms with Crippen molar-refractivity contribution in [3.63, 3.8) is 0 Å². The molecular weight excluding hydrogens is 233 g/mol. The summed E-state index contributed by atoms with van der Waals surface area (Å²) in [6.07, 6.45) is -4.25. The number of methoxy groups -OCH3 is 1. The Morgan fingerprint density at radius 3 is 2.41 bits per heavy atom. The number of alkyl halides is 3. The van der Waals surface area contributed by atoms with E-state index in [-0.39, 0.29) is 12.2 Å². The van der Waals surface area contributed by atoms with Crippen LogP contribution in [0.15, 0.2) is 18.2 Å². The highest BCUT2D eigenvalue weighted by Gasteiger charge is 2.30. The molecule has 0 heterocycles. The van der Waals surface area contributed by atoms with Crippen LogP contribution in [0.1, 0.15) is 6.92 Å². The van der Waals surface area contributed by atoms with Crippen LogP contribution in [0, 0.1) is 0 Å². The van der Waals surface area contributed by atoms with E-state index in [4.69, 9.17) is 10.5 Å². The van der Waals surface area contributed by atoms with E-state index in [1.165, 1.54) is 24.1 Å². The van der Waals surface area contributed by atoms with Crippen LogP contribution in [0.5, 0.6) is 5.75 Å². The van der Waals surface area contributed by atoms with Crippen LogP contribution in [0.3, 0.4) is 0 Å². The number of nitrogens with two attached hydrogens (primary N) is 1. The zero-order chi connectivity index (χ0) is 13.1. The number of anilines is 2. The van der Waals surface area contributed by atoms with Gasteiger partial charge in [-0.1, -0.05) is 0 Å². The molecule has 0 radical (unpaired) electrons. The second kappa shape index (κ2) is 5.16. The fourth-order valence-electron chi connectivity index (χ4n) is 1.53. The molecule has 17 heavy (non-hydrogen) atoms. The highest BCUT2D eigenvalue weighted by molar-refractivity contribution is 5.69. The van der Waals surface area contributed by atoms with Crippen molar-refractivity contribution < 1.29 is 17.9 Å². The van der Waals surface area contributed by atoms with Gasteiger partial charge in [0.15, 0.2) is 0 Å². The first-order chi connectivity index (χ1) is 7.87. The summed E-state index contributed by atoms with van der Waals surface area (Å²) < 4.78 is 42.0. The Labute approximate surface area is 98.0 Å². The summed E-state index contributed by atoms with van der Waals surface area (Å²) >= 11 is 0. The molecule has 1 rings (SSSR count). The van der Waals surface area contributed by atoms with Crippen molar-refractivity contribution in [2.24, 2.45) is 0 Å². The van der Waals surface area contributed by atoms with Crippen molar-refractivity contribution in [1.82, 2.24) is 0 Å². The van der Waals surface area contributed by atoms with Crippen LogP contribution in [-0.2, 0) is 0 Å². The molecule has 3 nitrogen and oxygen atoms in total.